The summed E-state index contributed by atoms with van der Waals surface area (Å²) in [4.78, 5) is 11.5. The van der Waals surface area contributed by atoms with Crippen molar-refractivity contribution in [2.45, 2.75) is 40.7 Å². The van der Waals surface area contributed by atoms with Crippen LogP contribution in [0.5, 0.6) is 0 Å². The fourth-order valence-electron chi connectivity index (χ4n) is 1.97. The van der Waals surface area contributed by atoms with E-state index in [-0.39, 0.29) is 5.78 Å². The highest BCUT2D eigenvalue weighted by Gasteiger charge is 2.08. The number of nitrogens with zero attached hydrogens (tertiary/aromatic N) is 1. The molecule has 0 saturated heterocycles. The van der Waals surface area contributed by atoms with Crippen molar-refractivity contribution in [1.29, 1.82) is 0 Å². The first-order chi connectivity index (χ1) is 8.24. The van der Waals surface area contributed by atoms with Crippen LogP contribution in [0.3, 0.4) is 0 Å². The molecule has 1 aromatic carbocycles. The number of benzene rings is 1. The third-order valence-electron chi connectivity index (χ3n) is 2.63. The van der Waals surface area contributed by atoms with E-state index in [0.717, 1.165) is 29.4 Å². The summed E-state index contributed by atoms with van der Waals surface area (Å²) in [7, 11) is 0. The molecule has 0 bridgehead atoms. The lowest BCUT2D eigenvalue weighted by Crippen LogP contribution is -2.00. The average molecular weight is 231 g/mol. The van der Waals surface area contributed by atoms with Gasteiger partial charge in [0.15, 0.2) is 5.78 Å². The summed E-state index contributed by atoms with van der Waals surface area (Å²) in [5.41, 5.74) is 1.90. The van der Waals surface area contributed by atoms with Gasteiger partial charge in [-0.1, -0.05) is 32.9 Å². The van der Waals surface area contributed by atoms with Crippen LogP contribution >= 0.6 is 0 Å². The van der Waals surface area contributed by atoms with Crippen LogP contribution in [-0.2, 0) is 6.54 Å². The van der Waals surface area contributed by atoms with Gasteiger partial charge in [-0.25, -0.2) is 0 Å². The fourth-order valence-corrected chi connectivity index (χ4v) is 1.97. The maximum absolute atomic E-state index is 11.5. The maximum atomic E-state index is 11.5. The van der Waals surface area contributed by atoms with Crippen LogP contribution in [-0.4, -0.2) is 10.4 Å². The highest BCUT2D eigenvalue weighted by molar-refractivity contribution is 6.05. The van der Waals surface area contributed by atoms with E-state index in [1.807, 2.05) is 32.0 Å². The van der Waals surface area contributed by atoms with Crippen LogP contribution in [0.25, 0.3) is 10.9 Å². The second-order valence-electron chi connectivity index (χ2n) is 3.81. The van der Waals surface area contributed by atoms with Crippen molar-refractivity contribution in [3.05, 3.63) is 36.0 Å². The fraction of sp³-hybridized carbons (Fsp3) is 0.400. The van der Waals surface area contributed by atoms with Crippen molar-refractivity contribution in [1.82, 2.24) is 4.57 Å². The van der Waals surface area contributed by atoms with E-state index in [0.29, 0.717) is 0 Å². The molecule has 1 heterocycles. The number of hydrogen-bond donors (Lipinski definition) is 0. The summed E-state index contributed by atoms with van der Waals surface area (Å²) in [6.45, 7) is 8.73. The number of para-hydroxylation sites is 1. The summed E-state index contributed by atoms with van der Waals surface area (Å²) in [5.74, 6) is 0.136. The Bertz CT molecular complexity index is 497. The number of ketones is 1. The van der Waals surface area contributed by atoms with E-state index in [4.69, 9.17) is 0 Å². The molecule has 0 unspecified atom stereocenters. The Hall–Kier alpha value is -1.57. The summed E-state index contributed by atoms with van der Waals surface area (Å²) in [5, 5.41) is 1.15. The Morgan fingerprint density at radius 2 is 1.94 bits per heavy atom. The molecule has 1 aromatic heterocycles. The van der Waals surface area contributed by atoms with Gasteiger partial charge in [0.25, 0.3) is 0 Å². The predicted octanol–water partition coefficient (Wildman–Crippen LogP) is 4.28. The van der Waals surface area contributed by atoms with Gasteiger partial charge in [-0.2, -0.15) is 0 Å². The molecule has 2 nitrogen and oxygen atoms in total. The molecule has 0 spiro atoms. The molecule has 2 rings (SSSR count). The lowest BCUT2D eigenvalue weighted by atomic mass is 10.1. The maximum Gasteiger partial charge on any atom is 0.161 e. The molecule has 0 aliphatic carbocycles. The molecule has 2 heteroatoms. The molecule has 0 amide bonds. The van der Waals surface area contributed by atoms with Crippen LogP contribution in [0.2, 0.25) is 0 Å². The zero-order chi connectivity index (χ0) is 12.8. The quantitative estimate of drug-likeness (QED) is 0.723. The van der Waals surface area contributed by atoms with Crippen molar-refractivity contribution < 1.29 is 4.79 Å². The van der Waals surface area contributed by atoms with Crippen molar-refractivity contribution >= 4 is 16.7 Å². The number of carbonyl (C=O) groups excluding carboxylic acids is 1. The highest BCUT2D eigenvalue weighted by atomic mass is 16.1. The monoisotopic (exact) mass is 231 g/mol. The van der Waals surface area contributed by atoms with Crippen molar-refractivity contribution in [2.24, 2.45) is 0 Å². The number of rotatable bonds is 3. The Morgan fingerprint density at radius 3 is 2.53 bits per heavy atom. The zero-order valence-electron chi connectivity index (χ0n) is 11.2. The standard InChI is InChI=1S/C13H15NO.C2H6/c1-3-8-14-9-7-11-5-4-6-12(10(2)15)13(11)14;1-2/h4-7,9H,3,8H2,1-2H3;1-2H3. The molecular weight excluding hydrogens is 210 g/mol. The van der Waals surface area contributed by atoms with Crippen LogP contribution in [0.1, 0.15) is 44.5 Å². The van der Waals surface area contributed by atoms with Gasteiger partial charge in [-0.15, -0.1) is 0 Å². The van der Waals surface area contributed by atoms with E-state index in [9.17, 15) is 4.79 Å². The molecule has 0 radical (unpaired) electrons. The van der Waals surface area contributed by atoms with Crippen LogP contribution < -0.4 is 0 Å². The first-order valence-electron chi connectivity index (χ1n) is 6.33. The normalized spacial score (nSPS) is 9.88. The van der Waals surface area contributed by atoms with Crippen LogP contribution in [0.15, 0.2) is 30.5 Å². The molecular formula is C15H21NO. The molecule has 0 fully saturated rings. The first kappa shape index (κ1) is 13.5. The molecule has 92 valence electrons. The predicted molar refractivity (Wildman–Crippen MR) is 73.6 cm³/mol. The van der Waals surface area contributed by atoms with Gasteiger partial charge in [0.05, 0.1) is 5.52 Å². The van der Waals surface area contributed by atoms with Crippen molar-refractivity contribution in [3.63, 3.8) is 0 Å². The zero-order valence-corrected chi connectivity index (χ0v) is 11.2. The summed E-state index contributed by atoms with van der Waals surface area (Å²) < 4.78 is 2.16. The Kier molecular flexibility index (Phi) is 4.95. The summed E-state index contributed by atoms with van der Waals surface area (Å²) in [6, 6.07) is 7.96. The van der Waals surface area contributed by atoms with Gasteiger partial charge in [0.2, 0.25) is 0 Å². The van der Waals surface area contributed by atoms with Gasteiger partial charge in [-0.05, 0) is 25.5 Å². The van der Waals surface area contributed by atoms with Gasteiger partial charge >= 0.3 is 0 Å². The SMILES string of the molecule is CC.CCCn1ccc2cccc(C(C)=O)c21. The van der Waals surface area contributed by atoms with Gasteiger partial charge in [0, 0.05) is 23.7 Å². The van der Waals surface area contributed by atoms with Gasteiger partial charge in [-0.3, -0.25) is 4.79 Å². The average Bonchev–Trinajstić information content (AvgIpc) is 2.75. The molecule has 0 atom stereocenters. The molecule has 0 aliphatic rings. The third kappa shape index (κ3) is 2.76. The van der Waals surface area contributed by atoms with E-state index in [1.54, 1.807) is 6.92 Å². The number of aromatic nitrogens is 1. The topological polar surface area (TPSA) is 22.0 Å². The summed E-state index contributed by atoms with van der Waals surface area (Å²) >= 11 is 0. The van der Waals surface area contributed by atoms with Crippen molar-refractivity contribution in [2.75, 3.05) is 0 Å². The second kappa shape index (κ2) is 6.24. The third-order valence-corrected chi connectivity index (χ3v) is 2.63. The number of aryl methyl sites for hydroxylation is 1. The Labute approximate surface area is 103 Å². The van der Waals surface area contributed by atoms with E-state index < -0.39 is 0 Å². The minimum absolute atomic E-state index is 0.136. The van der Waals surface area contributed by atoms with E-state index in [2.05, 4.69) is 23.8 Å². The smallest absolute Gasteiger partial charge is 0.161 e. The molecule has 0 aliphatic heterocycles. The number of hydrogen-bond acceptors (Lipinski definition) is 1. The minimum atomic E-state index is 0.136. The van der Waals surface area contributed by atoms with Crippen molar-refractivity contribution in [3.8, 4) is 0 Å². The molecule has 2 aromatic rings. The van der Waals surface area contributed by atoms with Crippen LogP contribution in [0, 0.1) is 0 Å². The Morgan fingerprint density at radius 1 is 1.24 bits per heavy atom. The molecule has 17 heavy (non-hydrogen) atoms. The highest BCUT2D eigenvalue weighted by Crippen LogP contribution is 2.21. The lowest BCUT2D eigenvalue weighted by Gasteiger charge is -2.06. The number of fused-ring (bicyclic) bond motifs is 1. The van der Waals surface area contributed by atoms with Gasteiger partial charge in [0.1, 0.15) is 0 Å². The first-order valence-corrected chi connectivity index (χ1v) is 6.33. The van der Waals surface area contributed by atoms with E-state index >= 15 is 0 Å². The van der Waals surface area contributed by atoms with Crippen LogP contribution in [0.4, 0.5) is 0 Å². The largest absolute Gasteiger partial charge is 0.347 e. The second-order valence-corrected chi connectivity index (χ2v) is 3.81. The van der Waals surface area contributed by atoms with E-state index in [1.165, 1.54) is 0 Å². The number of carbonyl (C=O) groups is 1. The Balaban J connectivity index is 0.000000686. The molecule has 0 saturated carbocycles. The van der Waals surface area contributed by atoms with Gasteiger partial charge < -0.3 is 4.57 Å². The lowest BCUT2D eigenvalue weighted by molar-refractivity contribution is 0.101. The number of Topliss-reactive ketones (excluding diaryl/α,β-unsaturated/α-hetero) is 1. The minimum Gasteiger partial charge on any atom is -0.347 e. The summed E-state index contributed by atoms with van der Waals surface area (Å²) in [6.07, 6.45) is 3.14. The molecule has 0 N–H and O–H groups in total.